The molecule has 0 aliphatic heterocycles. The molecule has 0 radical (unpaired) electrons. The molecule has 2 atom stereocenters. The van der Waals surface area contributed by atoms with Gasteiger partial charge in [0.05, 0.1) is 23.5 Å². The van der Waals surface area contributed by atoms with Crippen molar-refractivity contribution < 1.29 is 14.3 Å². The first-order valence-corrected chi connectivity index (χ1v) is 17.7. The summed E-state index contributed by atoms with van der Waals surface area (Å²) in [4.78, 5) is 18.2. The molecule has 0 fully saturated rings. The van der Waals surface area contributed by atoms with Gasteiger partial charge in [-0.05, 0) is 85.2 Å². The molecule has 0 saturated carbocycles. The lowest BCUT2D eigenvalue weighted by Crippen LogP contribution is -2.43. The number of hydrogen-bond donors (Lipinski definition) is 5. The number of aryl methyl sites for hydroxylation is 1. The monoisotopic (exact) mass is 711 g/mol. The molecule has 1 heterocycles. The van der Waals surface area contributed by atoms with Crippen LogP contribution in [0.1, 0.15) is 81.4 Å². The lowest BCUT2D eigenvalue weighted by molar-refractivity contribution is 0.171. The highest BCUT2D eigenvalue weighted by molar-refractivity contribution is 6.09. The number of aliphatic imine (C=N–C) groups is 1. The number of pyridine rings is 1. The van der Waals surface area contributed by atoms with E-state index in [2.05, 4.69) is 17.2 Å². The molecule has 10 nitrogen and oxygen atoms in total. The molecule has 3 aromatic carbocycles. The minimum atomic E-state index is -0.390. The second-order valence-corrected chi connectivity index (χ2v) is 14.3. The molecule has 0 saturated heterocycles. The van der Waals surface area contributed by atoms with Gasteiger partial charge in [-0.25, -0.2) is 9.79 Å². The summed E-state index contributed by atoms with van der Waals surface area (Å²) in [5, 5.41) is 32.3. The first kappa shape index (κ1) is 38.2. The molecule has 5 N–H and O–H groups in total. The topological polar surface area (TPSA) is 148 Å². The second-order valence-electron chi connectivity index (χ2n) is 14.3. The summed E-state index contributed by atoms with van der Waals surface area (Å²) in [5.74, 6) is 1.54. The number of ether oxygens (including phenoxy) is 2. The Morgan fingerprint density at radius 1 is 0.981 bits per heavy atom. The summed E-state index contributed by atoms with van der Waals surface area (Å²) < 4.78 is 14.1. The van der Waals surface area contributed by atoms with Gasteiger partial charge in [-0.1, -0.05) is 93.6 Å². The summed E-state index contributed by atoms with van der Waals surface area (Å²) in [6, 6.07) is 25.6. The number of benzene rings is 3. The van der Waals surface area contributed by atoms with Crippen LogP contribution < -0.4 is 25.6 Å². The van der Waals surface area contributed by atoms with E-state index < -0.39 is 6.03 Å². The summed E-state index contributed by atoms with van der Waals surface area (Å²) in [6.45, 7) is 14.0. The summed E-state index contributed by atoms with van der Waals surface area (Å²) in [7, 11) is 0. The molecule has 4 aromatic rings. The number of nitrogens with zero attached hydrogens (tertiary/aromatic N) is 2. The molecule has 1 aliphatic carbocycles. The smallest absolute Gasteiger partial charge is 0.320 e. The van der Waals surface area contributed by atoms with E-state index in [4.69, 9.17) is 30.7 Å². The van der Waals surface area contributed by atoms with Crippen molar-refractivity contribution in [3.8, 4) is 11.5 Å². The molecule has 10 heteroatoms. The molecule has 0 spiro atoms. The van der Waals surface area contributed by atoms with Crippen LogP contribution in [0.25, 0.3) is 0 Å². The molecular formula is C43H49N7O3. The number of hydrogen-bond acceptors (Lipinski definition) is 7. The highest BCUT2D eigenvalue weighted by Crippen LogP contribution is 2.38. The number of para-hydroxylation sites is 1. The Kier molecular flexibility index (Phi) is 12.2. The van der Waals surface area contributed by atoms with E-state index in [0.717, 1.165) is 22.3 Å². The molecule has 1 aliphatic rings. The van der Waals surface area contributed by atoms with Crippen molar-refractivity contribution in [3.63, 3.8) is 0 Å². The van der Waals surface area contributed by atoms with Crippen LogP contribution in [0.2, 0.25) is 0 Å². The van der Waals surface area contributed by atoms with Gasteiger partial charge in [0.2, 0.25) is 0 Å². The molecule has 2 unspecified atom stereocenters. The minimum absolute atomic E-state index is 0.0867. The molecule has 5 rings (SSSR count). The number of amides is 2. The normalized spacial score (nSPS) is 15.9. The average molecular weight is 712 g/mol. The Labute approximate surface area is 311 Å². The van der Waals surface area contributed by atoms with Crippen LogP contribution in [-0.2, 0) is 0 Å². The molecule has 274 valence electrons. The van der Waals surface area contributed by atoms with Crippen LogP contribution in [0.3, 0.4) is 0 Å². The van der Waals surface area contributed by atoms with E-state index in [-0.39, 0.29) is 35.3 Å². The maximum Gasteiger partial charge on any atom is 0.320 e. The summed E-state index contributed by atoms with van der Waals surface area (Å²) in [5.41, 5.74) is 5.47. The Hall–Kier alpha value is -6.03. The van der Waals surface area contributed by atoms with Crippen molar-refractivity contribution in [1.82, 2.24) is 15.2 Å². The Bertz CT molecular complexity index is 2110. The third-order valence-corrected chi connectivity index (χ3v) is 8.99. The standard InChI is InChI=1S/C43H49N7O3/c1-7-12-29(3)27-52-36-16-11-10-15-34(36)41(46)50-26-31(21-24-39(50)45)53-37-23-22-35(32-13-8-9-14-33(32)37)48-42(51)49-40(25-38(44)43(4,5)6)47-30-19-17-28(2)18-20-30/h7-21,24,26,35,37,44-46H,1,22-23,25,27H2,2-6H3,(H2,47,48,49,51). The Morgan fingerprint density at radius 3 is 2.40 bits per heavy atom. The number of rotatable bonds is 11. The van der Waals surface area contributed by atoms with Crippen LogP contribution in [0.5, 0.6) is 11.5 Å². The van der Waals surface area contributed by atoms with Crippen LogP contribution in [-0.4, -0.2) is 34.6 Å². The van der Waals surface area contributed by atoms with E-state index in [0.29, 0.717) is 53.7 Å². The van der Waals surface area contributed by atoms with Crippen molar-refractivity contribution in [3.05, 3.63) is 143 Å². The van der Waals surface area contributed by atoms with Crippen molar-refractivity contribution in [1.29, 1.82) is 16.2 Å². The highest BCUT2D eigenvalue weighted by Gasteiger charge is 2.30. The first-order valence-electron chi connectivity index (χ1n) is 17.7. The van der Waals surface area contributed by atoms with Crippen molar-refractivity contribution in [2.75, 3.05) is 6.61 Å². The molecule has 2 amide bonds. The number of allylic oxidation sites excluding steroid dienone is 2. The van der Waals surface area contributed by atoms with Crippen LogP contribution in [0.4, 0.5) is 10.5 Å². The van der Waals surface area contributed by atoms with Gasteiger partial charge in [0.25, 0.3) is 0 Å². The molecular weight excluding hydrogens is 663 g/mol. The first-order chi connectivity index (χ1) is 25.3. The minimum Gasteiger partial charge on any atom is -0.488 e. The van der Waals surface area contributed by atoms with E-state index in [9.17, 15) is 4.79 Å². The van der Waals surface area contributed by atoms with Gasteiger partial charge in [-0.2, -0.15) is 0 Å². The third-order valence-electron chi connectivity index (χ3n) is 8.99. The Balaban J connectivity index is 1.32. The van der Waals surface area contributed by atoms with Crippen LogP contribution >= 0.6 is 0 Å². The third kappa shape index (κ3) is 10.1. The zero-order valence-corrected chi connectivity index (χ0v) is 31.1. The highest BCUT2D eigenvalue weighted by atomic mass is 16.5. The zero-order valence-electron chi connectivity index (χ0n) is 31.1. The second kappa shape index (κ2) is 17.0. The lowest BCUT2D eigenvalue weighted by Gasteiger charge is -2.32. The van der Waals surface area contributed by atoms with Gasteiger partial charge >= 0.3 is 6.03 Å². The number of carbonyl (C=O) groups is 1. The Morgan fingerprint density at radius 2 is 1.68 bits per heavy atom. The number of aromatic nitrogens is 1. The van der Waals surface area contributed by atoms with Gasteiger partial charge in [0, 0.05) is 12.1 Å². The fraction of sp³-hybridized carbons (Fsp3) is 0.279. The summed E-state index contributed by atoms with van der Waals surface area (Å²) >= 11 is 0. The van der Waals surface area contributed by atoms with Crippen LogP contribution in [0, 0.1) is 28.6 Å². The molecule has 0 bridgehead atoms. The van der Waals surface area contributed by atoms with Crippen molar-refractivity contribution in [2.45, 2.75) is 66.0 Å². The SMILES string of the molecule is C=CC=C(C)COc1ccccc1C(=N)n1cc(OC2CCC(NC(=O)NC(CC(=N)C(C)(C)C)=Nc3ccc(C)cc3)c3ccccc32)ccc1=N. The lowest BCUT2D eigenvalue weighted by atomic mass is 9.85. The number of urea groups is 1. The number of nitrogens with one attached hydrogen (secondary N) is 5. The van der Waals surface area contributed by atoms with Crippen LogP contribution in [0.15, 0.2) is 120 Å². The quantitative estimate of drug-likeness (QED) is 0.0600. The van der Waals surface area contributed by atoms with Crippen molar-refractivity contribution >= 4 is 29.1 Å². The average Bonchev–Trinajstić information content (AvgIpc) is 3.13. The van der Waals surface area contributed by atoms with Crippen molar-refractivity contribution in [2.24, 2.45) is 10.4 Å². The fourth-order valence-corrected chi connectivity index (χ4v) is 5.93. The predicted octanol–water partition coefficient (Wildman–Crippen LogP) is 9.10. The number of fused-ring (bicyclic) bond motifs is 1. The van der Waals surface area contributed by atoms with Gasteiger partial charge in [-0.3, -0.25) is 20.7 Å². The maximum absolute atomic E-state index is 13.5. The zero-order chi connectivity index (χ0) is 38.1. The fourth-order valence-electron chi connectivity index (χ4n) is 5.93. The number of amidine groups is 1. The maximum atomic E-state index is 13.5. The van der Waals surface area contributed by atoms with Gasteiger partial charge in [0.15, 0.2) is 0 Å². The van der Waals surface area contributed by atoms with E-state index >= 15 is 0 Å². The van der Waals surface area contributed by atoms with Gasteiger partial charge < -0.3 is 20.2 Å². The van der Waals surface area contributed by atoms with Gasteiger partial charge in [0.1, 0.15) is 41.4 Å². The molecule has 53 heavy (non-hydrogen) atoms. The summed E-state index contributed by atoms with van der Waals surface area (Å²) in [6.07, 6.45) is 6.39. The van der Waals surface area contributed by atoms with E-state index in [1.165, 1.54) is 4.57 Å². The molecule has 1 aromatic heterocycles. The van der Waals surface area contributed by atoms with E-state index in [1.54, 1.807) is 30.5 Å². The largest absolute Gasteiger partial charge is 0.488 e. The predicted molar refractivity (Wildman–Crippen MR) is 212 cm³/mol. The number of carbonyl (C=O) groups excluding carboxylic acids is 1. The van der Waals surface area contributed by atoms with E-state index in [1.807, 2.05) is 107 Å². The van der Waals surface area contributed by atoms with Gasteiger partial charge in [-0.15, -0.1) is 0 Å².